The van der Waals surface area contributed by atoms with E-state index in [9.17, 15) is 4.79 Å². The number of aliphatic hydroxyl groups is 1. The third-order valence-corrected chi connectivity index (χ3v) is 0.686. The van der Waals surface area contributed by atoms with Crippen LogP contribution in [0.1, 0.15) is 6.92 Å². The fourth-order valence-electron chi connectivity index (χ4n) is 0.325. The van der Waals surface area contributed by atoms with Gasteiger partial charge in [0.25, 0.3) is 0 Å². The molecule has 1 N–H and O–H groups in total. The lowest BCUT2D eigenvalue weighted by molar-refractivity contribution is -0.141. The summed E-state index contributed by atoms with van der Waals surface area (Å²) in [4.78, 5) is 10.4. The maximum Gasteiger partial charge on any atom is 0.374 e. The van der Waals surface area contributed by atoms with Crippen LogP contribution in [0.4, 0.5) is 0 Å². The summed E-state index contributed by atoms with van der Waals surface area (Å²) in [6.45, 7) is 1.79. The lowest BCUT2D eigenvalue weighted by Crippen LogP contribution is -2.06. The molecule has 0 aromatic heterocycles. The van der Waals surface area contributed by atoms with Gasteiger partial charge < -0.3 is 9.84 Å². The molecule has 0 bridgehead atoms. The number of hydrogen-bond acceptors (Lipinski definition) is 4. The van der Waals surface area contributed by atoms with Gasteiger partial charge in [-0.05, 0) is 6.92 Å². The Kier molecular flexibility index (Phi) is 3.73. The number of rotatable bonds is 2. The molecule has 0 saturated carbocycles. The van der Waals surface area contributed by atoms with Crippen molar-refractivity contribution in [1.82, 2.24) is 0 Å². The van der Waals surface area contributed by atoms with E-state index in [0.717, 1.165) is 6.08 Å². The molecule has 0 aromatic carbocycles. The van der Waals surface area contributed by atoms with Crippen molar-refractivity contribution in [3.63, 3.8) is 0 Å². The number of ether oxygens (including phenoxy) is 1. The van der Waals surface area contributed by atoms with Crippen molar-refractivity contribution in [1.29, 1.82) is 5.26 Å². The monoisotopic (exact) mass is 141 g/mol. The van der Waals surface area contributed by atoms with Crippen molar-refractivity contribution in [3.8, 4) is 6.07 Å². The number of allylic oxidation sites excluding steroid dienone is 1. The Hall–Kier alpha value is -1.50. The minimum atomic E-state index is -0.871. The Labute approximate surface area is 58.3 Å². The maximum absolute atomic E-state index is 10.4. The molecule has 0 amide bonds. The zero-order valence-corrected chi connectivity index (χ0v) is 5.50. The minimum Gasteiger partial charge on any atom is -0.501 e. The van der Waals surface area contributed by atoms with E-state index in [1.807, 2.05) is 0 Å². The number of aliphatic hydroxyl groups excluding tert-OH is 1. The second-order valence-corrected chi connectivity index (χ2v) is 1.38. The van der Waals surface area contributed by atoms with Gasteiger partial charge in [0, 0.05) is 0 Å². The van der Waals surface area contributed by atoms with Gasteiger partial charge in [-0.2, -0.15) is 5.26 Å². The summed E-state index contributed by atoms with van der Waals surface area (Å²) in [6.07, 6.45) is 0.720. The van der Waals surface area contributed by atoms with Crippen molar-refractivity contribution >= 4 is 5.97 Å². The van der Waals surface area contributed by atoms with Crippen LogP contribution in [0, 0.1) is 11.3 Å². The molecule has 0 aliphatic carbocycles. The van der Waals surface area contributed by atoms with Crippen LogP contribution in [-0.2, 0) is 9.53 Å². The van der Waals surface area contributed by atoms with Gasteiger partial charge in [-0.25, -0.2) is 4.79 Å². The molecule has 0 fully saturated rings. The highest BCUT2D eigenvalue weighted by atomic mass is 16.5. The van der Waals surface area contributed by atoms with Crippen molar-refractivity contribution in [2.45, 2.75) is 6.92 Å². The largest absolute Gasteiger partial charge is 0.501 e. The predicted octanol–water partition coefficient (Wildman–Crippen LogP) is 0.515. The predicted molar refractivity (Wildman–Crippen MR) is 33.0 cm³/mol. The Bertz CT molecular complexity index is 190. The molecule has 0 aliphatic rings. The van der Waals surface area contributed by atoms with Crippen molar-refractivity contribution < 1.29 is 14.6 Å². The van der Waals surface area contributed by atoms with Crippen LogP contribution in [0.15, 0.2) is 11.8 Å². The summed E-state index contributed by atoms with van der Waals surface area (Å²) < 4.78 is 4.35. The van der Waals surface area contributed by atoms with E-state index in [1.165, 1.54) is 6.07 Å². The second kappa shape index (κ2) is 4.39. The number of esters is 1. The highest BCUT2D eigenvalue weighted by Gasteiger charge is 2.05. The molecule has 10 heavy (non-hydrogen) atoms. The summed E-state index contributed by atoms with van der Waals surface area (Å²) in [5.41, 5.74) is 0. The SMILES string of the molecule is CCOC(=O)C(O)=CC#N. The highest BCUT2D eigenvalue weighted by Crippen LogP contribution is 1.90. The molecule has 4 nitrogen and oxygen atoms in total. The summed E-state index contributed by atoms with van der Waals surface area (Å²) in [6, 6.07) is 1.49. The van der Waals surface area contributed by atoms with Crippen LogP contribution in [0.3, 0.4) is 0 Å². The highest BCUT2D eigenvalue weighted by molar-refractivity contribution is 5.86. The van der Waals surface area contributed by atoms with Crippen molar-refractivity contribution in [2.75, 3.05) is 6.61 Å². The first kappa shape index (κ1) is 8.50. The molecular weight excluding hydrogens is 134 g/mol. The van der Waals surface area contributed by atoms with E-state index in [-0.39, 0.29) is 6.61 Å². The first-order valence-electron chi connectivity index (χ1n) is 2.68. The lowest BCUT2D eigenvalue weighted by atomic mass is 10.5. The number of carbonyl (C=O) groups is 1. The Morgan fingerprint density at radius 1 is 1.90 bits per heavy atom. The molecular formula is C6H7NO3. The van der Waals surface area contributed by atoms with E-state index in [0.29, 0.717) is 0 Å². The summed E-state index contributed by atoms with van der Waals surface area (Å²) in [5, 5.41) is 16.6. The first-order chi connectivity index (χ1) is 4.72. The van der Waals surface area contributed by atoms with Gasteiger partial charge in [-0.15, -0.1) is 0 Å². The minimum absolute atomic E-state index is 0.183. The average Bonchev–Trinajstić information content (AvgIpc) is 1.89. The summed E-state index contributed by atoms with van der Waals surface area (Å²) in [7, 11) is 0. The lowest BCUT2D eigenvalue weighted by Gasteiger charge is -1.96. The van der Waals surface area contributed by atoms with Crippen LogP contribution < -0.4 is 0 Å². The summed E-state index contributed by atoms with van der Waals surface area (Å²) in [5.74, 6) is -1.53. The number of hydrogen-bond donors (Lipinski definition) is 1. The van der Waals surface area contributed by atoms with Crippen LogP contribution in [-0.4, -0.2) is 17.7 Å². The van der Waals surface area contributed by atoms with Gasteiger partial charge >= 0.3 is 5.97 Å². The van der Waals surface area contributed by atoms with Crippen LogP contribution in [0.25, 0.3) is 0 Å². The normalized spacial score (nSPS) is 10.2. The van der Waals surface area contributed by atoms with Crippen molar-refractivity contribution in [3.05, 3.63) is 11.8 Å². The van der Waals surface area contributed by atoms with E-state index in [2.05, 4.69) is 4.74 Å². The van der Waals surface area contributed by atoms with E-state index < -0.39 is 11.7 Å². The third kappa shape index (κ3) is 2.72. The molecule has 0 aliphatic heterocycles. The molecule has 0 unspecified atom stereocenters. The second-order valence-electron chi connectivity index (χ2n) is 1.38. The molecule has 0 heterocycles. The van der Waals surface area contributed by atoms with Gasteiger partial charge in [-0.1, -0.05) is 0 Å². The fourth-order valence-corrected chi connectivity index (χ4v) is 0.325. The molecule has 0 aromatic rings. The van der Waals surface area contributed by atoms with E-state index in [1.54, 1.807) is 6.92 Å². The van der Waals surface area contributed by atoms with Gasteiger partial charge in [0.2, 0.25) is 5.76 Å². The maximum atomic E-state index is 10.4. The number of carbonyl (C=O) groups excluding carboxylic acids is 1. The van der Waals surface area contributed by atoms with E-state index >= 15 is 0 Å². The third-order valence-electron chi connectivity index (χ3n) is 0.686. The van der Waals surface area contributed by atoms with Gasteiger partial charge in [0.05, 0.1) is 18.8 Å². The molecule has 4 heteroatoms. The Balaban J connectivity index is 3.98. The van der Waals surface area contributed by atoms with E-state index in [4.69, 9.17) is 10.4 Å². The van der Waals surface area contributed by atoms with Crippen LogP contribution in [0.2, 0.25) is 0 Å². The van der Waals surface area contributed by atoms with Crippen LogP contribution >= 0.6 is 0 Å². The van der Waals surface area contributed by atoms with Gasteiger partial charge in [-0.3, -0.25) is 0 Å². The van der Waals surface area contributed by atoms with Gasteiger partial charge in [0.15, 0.2) is 0 Å². The van der Waals surface area contributed by atoms with Gasteiger partial charge in [0.1, 0.15) is 0 Å². The summed E-state index contributed by atoms with van der Waals surface area (Å²) >= 11 is 0. The standard InChI is InChI=1S/C6H7NO3/c1-2-10-6(9)5(8)3-4-7/h3,8H,2H2,1H3. The molecule has 0 rings (SSSR count). The number of nitriles is 1. The van der Waals surface area contributed by atoms with Crippen molar-refractivity contribution in [2.24, 2.45) is 0 Å². The smallest absolute Gasteiger partial charge is 0.374 e. The van der Waals surface area contributed by atoms with Crippen LogP contribution in [0.5, 0.6) is 0 Å². The molecule has 0 spiro atoms. The molecule has 54 valence electrons. The first-order valence-corrected chi connectivity index (χ1v) is 2.68. The molecule has 0 atom stereocenters. The average molecular weight is 141 g/mol. The quantitative estimate of drug-likeness (QED) is 0.263. The zero-order valence-electron chi connectivity index (χ0n) is 5.50. The molecule has 0 saturated heterocycles. The fraction of sp³-hybridized carbons (Fsp3) is 0.333. The number of nitrogens with zero attached hydrogens (tertiary/aromatic N) is 1. The Morgan fingerprint density at radius 3 is 2.90 bits per heavy atom. The molecule has 0 radical (unpaired) electrons. The Morgan fingerprint density at radius 2 is 2.50 bits per heavy atom. The topological polar surface area (TPSA) is 70.3 Å². The zero-order chi connectivity index (χ0) is 7.98.